The Hall–Kier alpha value is -1.26. The van der Waals surface area contributed by atoms with Crippen molar-refractivity contribution < 1.29 is 19.1 Å². The summed E-state index contributed by atoms with van der Waals surface area (Å²) in [4.78, 5) is 26.2. The van der Waals surface area contributed by atoms with Gasteiger partial charge in [-0.3, -0.25) is 4.79 Å². The molecule has 0 aromatic carbocycles. The summed E-state index contributed by atoms with van der Waals surface area (Å²) >= 11 is 0. The summed E-state index contributed by atoms with van der Waals surface area (Å²) in [6.07, 6.45) is 2.00. The molecule has 1 saturated carbocycles. The molecule has 0 spiro atoms. The second-order valence-electron chi connectivity index (χ2n) is 7.43. The molecule has 0 radical (unpaired) electrons. The summed E-state index contributed by atoms with van der Waals surface area (Å²) in [5.74, 6) is 0.0726. The molecule has 0 bridgehead atoms. The molecular formula is C17H31NO4. The minimum atomic E-state index is -0.522. The van der Waals surface area contributed by atoms with Crippen LogP contribution in [0.25, 0.3) is 0 Å². The van der Waals surface area contributed by atoms with E-state index in [4.69, 9.17) is 9.47 Å². The van der Waals surface area contributed by atoms with Crippen LogP contribution in [0.4, 0.5) is 4.79 Å². The smallest absolute Gasteiger partial charge is 0.410 e. The Morgan fingerprint density at radius 1 is 1.27 bits per heavy atom. The molecule has 22 heavy (non-hydrogen) atoms. The monoisotopic (exact) mass is 313 g/mol. The Morgan fingerprint density at radius 2 is 1.86 bits per heavy atom. The normalized spacial score (nSPS) is 28.3. The molecule has 1 amide bonds. The number of nitrogens with zero attached hydrogens (tertiary/aromatic N) is 1. The zero-order valence-corrected chi connectivity index (χ0v) is 15.1. The minimum Gasteiger partial charge on any atom is -0.466 e. The maximum absolute atomic E-state index is 12.3. The number of carbonyl (C=O) groups is 2. The number of esters is 1. The first-order chi connectivity index (χ1) is 10.0. The molecule has 0 saturated heterocycles. The molecule has 0 N–H and O–H groups in total. The van der Waals surface area contributed by atoms with Gasteiger partial charge in [-0.2, -0.15) is 0 Å². The molecule has 128 valence electrons. The number of carbonyl (C=O) groups excluding carboxylic acids is 2. The highest BCUT2D eigenvalue weighted by Gasteiger charge is 2.51. The van der Waals surface area contributed by atoms with Crippen molar-refractivity contribution in [3.05, 3.63) is 0 Å². The van der Waals surface area contributed by atoms with E-state index < -0.39 is 11.0 Å². The highest BCUT2D eigenvalue weighted by atomic mass is 16.6. The predicted octanol–water partition coefficient (Wildman–Crippen LogP) is 3.61. The average Bonchev–Trinajstić information content (AvgIpc) is 2.74. The Kier molecular flexibility index (Phi) is 5.88. The third kappa shape index (κ3) is 4.14. The van der Waals surface area contributed by atoms with Crippen LogP contribution < -0.4 is 0 Å². The topological polar surface area (TPSA) is 55.8 Å². The van der Waals surface area contributed by atoms with Crippen molar-refractivity contribution in [2.24, 2.45) is 11.3 Å². The van der Waals surface area contributed by atoms with Crippen molar-refractivity contribution in [1.82, 2.24) is 4.90 Å². The fourth-order valence-electron chi connectivity index (χ4n) is 3.27. The number of ether oxygens (including phenoxy) is 2. The van der Waals surface area contributed by atoms with Crippen molar-refractivity contribution in [3.8, 4) is 0 Å². The lowest BCUT2D eigenvalue weighted by Crippen LogP contribution is -2.40. The fourth-order valence-corrected chi connectivity index (χ4v) is 3.27. The third-order valence-electron chi connectivity index (χ3n) is 4.58. The van der Waals surface area contributed by atoms with Crippen LogP contribution in [0.2, 0.25) is 0 Å². The number of amides is 1. The van der Waals surface area contributed by atoms with Gasteiger partial charge in [0.25, 0.3) is 0 Å². The van der Waals surface area contributed by atoms with Crippen LogP contribution in [0.1, 0.15) is 60.8 Å². The van der Waals surface area contributed by atoms with Gasteiger partial charge in [0.05, 0.1) is 12.0 Å². The Labute approximate surface area is 134 Å². The highest BCUT2D eigenvalue weighted by Crippen LogP contribution is 2.47. The summed E-state index contributed by atoms with van der Waals surface area (Å²) in [7, 11) is 1.75. The molecule has 0 aliphatic heterocycles. The van der Waals surface area contributed by atoms with Gasteiger partial charge in [0.2, 0.25) is 0 Å². The van der Waals surface area contributed by atoms with E-state index in [1.807, 2.05) is 34.6 Å². The van der Waals surface area contributed by atoms with Crippen LogP contribution >= 0.6 is 0 Å². The zero-order valence-electron chi connectivity index (χ0n) is 15.1. The molecule has 0 unspecified atom stereocenters. The molecule has 0 heterocycles. The quantitative estimate of drug-likeness (QED) is 0.744. The van der Waals surface area contributed by atoms with E-state index in [1.165, 1.54) is 0 Å². The van der Waals surface area contributed by atoms with Crippen molar-refractivity contribution >= 4 is 12.1 Å². The fraction of sp³-hybridized carbons (Fsp3) is 0.882. The maximum atomic E-state index is 12.3. The van der Waals surface area contributed by atoms with Gasteiger partial charge in [-0.05, 0) is 53.4 Å². The summed E-state index contributed by atoms with van der Waals surface area (Å²) < 4.78 is 10.7. The lowest BCUT2D eigenvalue weighted by molar-refractivity contribution is -0.156. The van der Waals surface area contributed by atoms with E-state index in [0.29, 0.717) is 13.0 Å². The summed E-state index contributed by atoms with van der Waals surface area (Å²) in [6.45, 7) is 11.8. The first-order valence-corrected chi connectivity index (χ1v) is 8.18. The minimum absolute atomic E-state index is 0.00852. The van der Waals surface area contributed by atoms with E-state index in [0.717, 1.165) is 12.8 Å². The molecule has 1 aliphatic rings. The number of rotatable bonds is 4. The third-order valence-corrected chi connectivity index (χ3v) is 4.58. The molecular weight excluding hydrogens is 282 g/mol. The van der Waals surface area contributed by atoms with Crippen molar-refractivity contribution in [2.45, 2.75) is 72.4 Å². The SMILES string of the molecule is CCOC(=O)[C@@]1(C)C[C@H](N(C)C(=O)OC(C)(C)C)C[C@@H]1CC. The van der Waals surface area contributed by atoms with Crippen molar-refractivity contribution in [1.29, 1.82) is 0 Å². The second kappa shape index (κ2) is 6.88. The molecule has 1 aliphatic carbocycles. The lowest BCUT2D eigenvalue weighted by atomic mass is 9.78. The highest BCUT2D eigenvalue weighted by molar-refractivity contribution is 5.78. The first-order valence-electron chi connectivity index (χ1n) is 8.18. The van der Waals surface area contributed by atoms with Gasteiger partial charge in [-0.1, -0.05) is 13.3 Å². The second-order valence-corrected chi connectivity index (χ2v) is 7.43. The number of hydrogen-bond donors (Lipinski definition) is 0. The van der Waals surface area contributed by atoms with Crippen LogP contribution in [-0.2, 0) is 14.3 Å². The van der Waals surface area contributed by atoms with E-state index in [-0.39, 0.29) is 24.0 Å². The largest absolute Gasteiger partial charge is 0.466 e. The molecule has 5 heteroatoms. The van der Waals surface area contributed by atoms with Gasteiger partial charge in [-0.15, -0.1) is 0 Å². The van der Waals surface area contributed by atoms with Crippen LogP contribution in [0, 0.1) is 11.3 Å². The Balaban J connectivity index is 2.83. The van der Waals surface area contributed by atoms with Crippen LogP contribution in [0.3, 0.4) is 0 Å². The predicted molar refractivity (Wildman–Crippen MR) is 85.5 cm³/mol. The Morgan fingerprint density at radius 3 is 2.32 bits per heavy atom. The molecule has 0 aromatic rings. The standard InChI is InChI=1S/C17H31NO4/c1-8-12-10-13(11-17(12,6)14(19)21-9-2)18(7)15(20)22-16(3,4)5/h12-13H,8-11H2,1-7H3/t12-,13+,17-/m0/s1. The van der Waals surface area contributed by atoms with Crippen molar-refractivity contribution in [2.75, 3.05) is 13.7 Å². The molecule has 1 rings (SSSR count). The van der Waals surface area contributed by atoms with E-state index in [9.17, 15) is 9.59 Å². The summed E-state index contributed by atoms with van der Waals surface area (Å²) in [6, 6.07) is 0.00852. The molecule has 5 nitrogen and oxygen atoms in total. The van der Waals surface area contributed by atoms with Gasteiger partial charge < -0.3 is 14.4 Å². The summed E-state index contributed by atoms with van der Waals surface area (Å²) in [5, 5.41) is 0. The van der Waals surface area contributed by atoms with Gasteiger partial charge in [0.15, 0.2) is 0 Å². The van der Waals surface area contributed by atoms with Gasteiger partial charge in [-0.25, -0.2) is 4.79 Å². The average molecular weight is 313 g/mol. The molecule has 1 fully saturated rings. The molecule has 3 atom stereocenters. The molecule has 0 aromatic heterocycles. The summed E-state index contributed by atoms with van der Waals surface area (Å²) in [5.41, 5.74) is -1.04. The van der Waals surface area contributed by atoms with Gasteiger partial charge >= 0.3 is 12.1 Å². The lowest BCUT2D eigenvalue weighted by Gasteiger charge is -2.30. The van der Waals surface area contributed by atoms with Crippen LogP contribution in [0.5, 0.6) is 0 Å². The van der Waals surface area contributed by atoms with Gasteiger partial charge in [0.1, 0.15) is 5.60 Å². The van der Waals surface area contributed by atoms with Gasteiger partial charge in [0, 0.05) is 13.1 Å². The zero-order chi connectivity index (χ0) is 17.1. The van der Waals surface area contributed by atoms with Crippen LogP contribution in [-0.4, -0.2) is 42.3 Å². The van der Waals surface area contributed by atoms with E-state index >= 15 is 0 Å². The maximum Gasteiger partial charge on any atom is 0.410 e. The van der Waals surface area contributed by atoms with E-state index in [1.54, 1.807) is 11.9 Å². The first kappa shape index (κ1) is 18.8. The van der Waals surface area contributed by atoms with Crippen LogP contribution in [0.15, 0.2) is 0 Å². The van der Waals surface area contributed by atoms with Crippen molar-refractivity contribution in [3.63, 3.8) is 0 Å². The van der Waals surface area contributed by atoms with E-state index in [2.05, 4.69) is 6.92 Å². The number of hydrogen-bond acceptors (Lipinski definition) is 4. The Bertz CT molecular complexity index is 415.